The maximum absolute atomic E-state index is 12.5. The second-order valence-electron chi connectivity index (χ2n) is 7.10. The molecule has 0 saturated carbocycles. The van der Waals surface area contributed by atoms with E-state index < -0.39 is 11.7 Å². The number of ether oxygens (including phenoxy) is 2. The largest absolute Gasteiger partial charge is 0.487 e. The number of benzene rings is 2. The van der Waals surface area contributed by atoms with Gasteiger partial charge in [-0.3, -0.25) is 5.32 Å². The average Bonchev–Trinajstić information content (AvgIpc) is 2.61. The Morgan fingerprint density at radius 1 is 1.14 bits per heavy atom. The molecule has 3 amide bonds. The van der Waals surface area contributed by atoms with Crippen molar-refractivity contribution in [3.05, 3.63) is 53.1 Å². The van der Waals surface area contributed by atoms with Crippen LogP contribution < -0.4 is 20.7 Å². The molecule has 1 aliphatic rings. The van der Waals surface area contributed by atoms with Gasteiger partial charge in [0, 0.05) is 28.4 Å². The van der Waals surface area contributed by atoms with E-state index in [1.165, 1.54) is 7.11 Å². The molecule has 1 atom stereocenters. The molecule has 7 nitrogen and oxygen atoms in total. The number of carbonyl (C=O) groups excluding carboxylic acids is 2. The molecule has 0 saturated heterocycles. The minimum absolute atomic E-state index is 0.308. The molecule has 28 heavy (non-hydrogen) atoms. The van der Waals surface area contributed by atoms with Crippen LogP contribution in [0.15, 0.2) is 42.5 Å². The number of rotatable bonds is 3. The summed E-state index contributed by atoms with van der Waals surface area (Å²) in [6, 6.07) is 11.5. The van der Waals surface area contributed by atoms with Gasteiger partial charge in [-0.25, -0.2) is 9.59 Å². The Hall–Kier alpha value is -2.93. The minimum atomic E-state index is -0.569. The highest BCUT2D eigenvalue weighted by Gasteiger charge is 2.34. The molecule has 0 bridgehead atoms. The van der Waals surface area contributed by atoms with E-state index in [2.05, 4.69) is 20.7 Å². The Balaban J connectivity index is 1.81. The highest BCUT2D eigenvalue weighted by Crippen LogP contribution is 2.40. The summed E-state index contributed by atoms with van der Waals surface area (Å²) in [4.78, 5) is 24.0. The first-order chi connectivity index (χ1) is 13.3. The molecule has 0 fully saturated rings. The summed E-state index contributed by atoms with van der Waals surface area (Å²) in [6.07, 6.45) is -0.00908. The zero-order valence-corrected chi connectivity index (χ0v) is 16.6. The molecule has 2 aromatic carbocycles. The van der Waals surface area contributed by atoms with E-state index in [9.17, 15) is 9.59 Å². The molecule has 1 heterocycles. The van der Waals surface area contributed by atoms with Crippen molar-refractivity contribution in [1.82, 2.24) is 5.32 Å². The Labute approximate surface area is 168 Å². The average molecular weight is 404 g/mol. The van der Waals surface area contributed by atoms with Gasteiger partial charge in [-0.05, 0) is 50.2 Å². The van der Waals surface area contributed by atoms with Gasteiger partial charge in [0.05, 0.1) is 13.2 Å². The van der Waals surface area contributed by atoms with Crippen LogP contribution in [0.5, 0.6) is 5.75 Å². The molecule has 0 aliphatic carbocycles. The Morgan fingerprint density at radius 3 is 2.61 bits per heavy atom. The number of fused-ring (bicyclic) bond motifs is 1. The molecule has 148 valence electrons. The van der Waals surface area contributed by atoms with Gasteiger partial charge < -0.3 is 20.1 Å². The molecule has 0 aromatic heterocycles. The third-order valence-electron chi connectivity index (χ3n) is 4.29. The summed E-state index contributed by atoms with van der Waals surface area (Å²) < 4.78 is 10.6. The molecule has 2 aromatic rings. The number of anilines is 2. The SMILES string of the molecule is COC(=O)Nc1ccc2c(c1)C(NC(=O)Nc1cccc(Cl)c1)CC(C)(C)O2. The molecule has 0 radical (unpaired) electrons. The first-order valence-electron chi connectivity index (χ1n) is 8.77. The number of carbonyl (C=O) groups is 2. The number of amides is 3. The summed E-state index contributed by atoms with van der Waals surface area (Å²) in [5, 5.41) is 8.91. The van der Waals surface area contributed by atoms with Gasteiger partial charge in [-0.15, -0.1) is 0 Å². The fourth-order valence-electron chi connectivity index (χ4n) is 3.12. The van der Waals surface area contributed by atoms with Crippen LogP contribution in [-0.4, -0.2) is 24.8 Å². The van der Waals surface area contributed by atoms with Crippen molar-refractivity contribution in [2.24, 2.45) is 0 Å². The van der Waals surface area contributed by atoms with Crippen molar-refractivity contribution in [2.45, 2.75) is 31.9 Å². The summed E-state index contributed by atoms with van der Waals surface area (Å²) in [7, 11) is 1.30. The third-order valence-corrected chi connectivity index (χ3v) is 4.52. The second-order valence-corrected chi connectivity index (χ2v) is 7.53. The van der Waals surface area contributed by atoms with Crippen molar-refractivity contribution in [2.75, 3.05) is 17.7 Å². The summed E-state index contributed by atoms with van der Waals surface area (Å²) in [5.41, 5.74) is 1.46. The van der Waals surface area contributed by atoms with Crippen LogP contribution in [0, 0.1) is 0 Å². The standard InChI is InChI=1S/C20H22ClN3O4/c1-20(2)11-16(24-18(25)22-13-6-4-5-12(21)9-13)15-10-14(23-19(26)27-3)7-8-17(15)28-20/h4-10,16H,11H2,1-3H3,(H,23,26)(H2,22,24,25). The Bertz CT molecular complexity index is 901. The number of halogens is 1. The van der Waals surface area contributed by atoms with Crippen LogP contribution in [0.4, 0.5) is 21.0 Å². The maximum atomic E-state index is 12.5. The third kappa shape index (κ3) is 4.86. The lowest BCUT2D eigenvalue weighted by atomic mass is 9.89. The van der Waals surface area contributed by atoms with Crippen LogP contribution in [0.25, 0.3) is 0 Å². The van der Waals surface area contributed by atoms with E-state index in [4.69, 9.17) is 16.3 Å². The second kappa shape index (κ2) is 7.98. The topological polar surface area (TPSA) is 88.7 Å². The molecular weight excluding hydrogens is 382 g/mol. The predicted octanol–water partition coefficient (Wildman–Crippen LogP) is 4.94. The van der Waals surface area contributed by atoms with Gasteiger partial charge in [0.25, 0.3) is 0 Å². The van der Waals surface area contributed by atoms with Gasteiger partial charge in [0.2, 0.25) is 0 Å². The van der Waals surface area contributed by atoms with Gasteiger partial charge in [-0.1, -0.05) is 17.7 Å². The van der Waals surface area contributed by atoms with E-state index in [-0.39, 0.29) is 12.1 Å². The maximum Gasteiger partial charge on any atom is 0.411 e. The number of hydrogen-bond acceptors (Lipinski definition) is 4. The number of methoxy groups -OCH3 is 1. The Morgan fingerprint density at radius 2 is 1.89 bits per heavy atom. The van der Waals surface area contributed by atoms with Crippen molar-refractivity contribution >= 4 is 35.1 Å². The molecule has 0 spiro atoms. The molecule has 1 aliphatic heterocycles. The monoisotopic (exact) mass is 403 g/mol. The lowest BCUT2D eigenvalue weighted by Crippen LogP contribution is -2.42. The van der Waals surface area contributed by atoms with Gasteiger partial charge in [-0.2, -0.15) is 0 Å². The van der Waals surface area contributed by atoms with Gasteiger partial charge in [0.15, 0.2) is 0 Å². The molecule has 3 rings (SSSR count). The first kappa shape index (κ1) is 19.8. The number of nitrogens with one attached hydrogen (secondary N) is 3. The lowest BCUT2D eigenvalue weighted by Gasteiger charge is -2.38. The normalized spacial score (nSPS) is 16.9. The summed E-state index contributed by atoms with van der Waals surface area (Å²) in [6.45, 7) is 3.92. The smallest absolute Gasteiger partial charge is 0.411 e. The number of urea groups is 1. The molecule has 1 unspecified atom stereocenters. The van der Waals surface area contributed by atoms with Crippen molar-refractivity contribution < 1.29 is 19.1 Å². The van der Waals surface area contributed by atoms with Crippen LogP contribution >= 0.6 is 11.6 Å². The zero-order chi connectivity index (χ0) is 20.3. The highest BCUT2D eigenvalue weighted by atomic mass is 35.5. The van der Waals surface area contributed by atoms with E-state index in [0.717, 1.165) is 5.56 Å². The van der Waals surface area contributed by atoms with Crippen LogP contribution in [0.3, 0.4) is 0 Å². The van der Waals surface area contributed by atoms with Crippen LogP contribution in [-0.2, 0) is 4.74 Å². The number of hydrogen-bond donors (Lipinski definition) is 3. The van der Waals surface area contributed by atoms with Crippen LogP contribution in [0.2, 0.25) is 5.02 Å². The fourth-order valence-corrected chi connectivity index (χ4v) is 3.31. The summed E-state index contributed by atoms with van der Waals surface area (Å²) >= 11 is 5.96. The van der Waals surface area contributed by atoms with E-state index in [0.29, 0.717) is 28.6 Å². The van der Waals surface area contributed by atoms with E-state index in [1.54, 1.807) is 42.5 Å². The van der Waals surface area contributed by atoms with Gasteiger partial charge in [0.1, 0.15) is 11.4 Å². The lowest BCUT2D eigenvalue weighted by molar-refractivity contribution is 0.0683. The minimum Gasteiger partial charge on any atom is -0.487 e. The molecular formula is C20H22ClN3O4. The van der Waals surface area contributed by atoms with Crippen molar-refractivity contribution in [3.63, 3.8) is 0 Å². The predicted molar refractivity (Wildman–Crippen MR) is 108 cm³/mol. The fraction of sp³-hybridized carbons (Fsp3) is 0.300. The quantitative estimate of drug-likeness (QED) is 0.677. The Kier molecular flexibility index (Phi) is 5.65. The molecule has 3 N–H and O–H groups in total. The molecule has 8 heteroatoms. The highest BCUT2D eigenvalue weighted by molar-refractivity contribution is 6.30. The van der Waals surface area contributed by atoms with Crippen LogP contribution in [0.1, 0.15) is 31.9 Å². The zero-order valence-electron chi connectivity index (χ0n) is 15.8. The first-order valence-corrected chi connectivity index (χ1v) is 9.14. The van der Waals surface area contributed by atoms with Gasteiger partial charge >= 0.3 is 12.1 Å². The van der Waals surface area contributed by atoms with E-state index in [1.807, 2.05) is 13.8 Å². The van der Waals surface area contributed by atoms with Crippen molar-refractivity contribution in [1.29, 1.82) is 0 Å². The van der Waals surface area contributed by atoms with Crippen molar-refractivity contribution in [3.8, 4) is 5.75 Å². The summed E-state index contributed by atoms with van der Waals surface area (Å²) in [5.74, 6) is 0.653. The van der Waals surface area contributed by atoms with E-state index >= 15 is 0 Å².